The molecule has 0 amide bonds. The first kappa shape index (κ1) is 11.7. The van der Waals surface area contributed by atoms with Crippen molar-refractivity contribution in [1.82, 2.24) is 20.4 Å². The van der Waals surface area contributed by atoms with E-state index in [-0.39, 0.29) is 6.04 Å². The van der Waals surface area contributed by atoms with Crippen molar-refractivity contribution in [3.05, 3.63) is 30.4 Å². The van der Waals surface area contributed by atoms with Crippen molar-refractivity contribution in [2.45, 2.75) is 32.9 Å². The van der Waals surface area contributed by atoms with E-state index in [0.29, 0.717) is 17.8 Å². The lowest BCUT2D eigenvalue weighted by Gasteiger charge is -2.11. The fourth-order valence-electron chi connectivity index (χ4n) is 1.59. The van der Waals surface area contributed by atoms with Gasteiger partial charge in [0.05, 0.1) is 6.04 Å². The van der Waals surface area contributed by atoms with Crippen LogP contribution in [0, 0.1) is 0 Å². The molecular formula is C12H16N4O. The minimum absolute atomic E-state index is 0.0490. The predicted molar refractivity (Wildman–Crippen MR) is 64.2 cm³/mol. The third-order valence-corrected chi connectivity index (χ3v) is 2.32. The molecule has 0 saturated carbocycles. The molecule has 2 aromatic heterocycles. The molecular weight excluding hydrogens is 216 g/mol. The van der Waals surface area contributed by atoms with E-state index in [1.54, 1.807) is 12.4 Å². The van der Waals surface area contributed by atoms with Gasteiger partial charge >= 0.3 is 0 Å². The zero-order valence-electron chi connectivity index (χ0n) is 10.2. The van der Waals surface area contributed by atoms with E-state index in [1.807, 2.05) is 19.1 Å². The van der Waals surface area contributed by atoms with Gasteiger partial charge in [0, 0.05) is 24.0 Å². The van der Waals surface area contributed by atoms with Gasteiger partial charge in [-0.1, -0.05) is 19.0 Å². The van der Waals surface area contributed by atoms with Crippen LogP contribution in [-0.2, 0) is 0 Å². The molecule has 1 unspecified atom stereocenters. The maximum absolute atomic E-state index is 5.23. The molecule has 5 heteroatoms. The summed E-state index contributed by atoms with van der Waals surface area (Å²) in [5, 5.41) is 7.26. The highest BCUT2D eigenvalue weighted by atomic mass is 16.5. The molecule has 2 aromatic rings. The molecule has 2 rings (SSSR count). The van der Waals surface area contributed by atoms with Gasteiger partial charge in [-0.2, -0.15) is 4.98 Å². The van der Waals surface area contributed by atoms with Crippen LogP contribution in [0.2, 0.25) is 0 Å². The molecule has 0 aliphatic heterocycles. The predicted octanol–water partition coefficient (Wildman–Crippen LogP) is 2.19. The second kappa shape index (κ2) is 5.05. The van der Waals surface area contributed by atoms with Gasteiger partial charge in [0.25, 0.3) is 0 Å². The number of aromatic nitrogens is 3. The van der Waals surface area contributed by atoms with Crippen LogP contribution in [0.3, 0.4) is 0 Å². The normalized spacial score (nSPS) is 12.9. The van der Waals surface area contributed by atoms with Gasteiger partial charge in [-0.15, -0.1) is 0 Å². The molecule has 1 atom stereocenters. The van der Waals surface area contributed by atoms with E-state index >= 15 is 0 Å². The average molecular weight is 232 g/mol. The zero-order valence-corrected chi connectivity index (χ0v) is 10.2. The zero-order chi connectivity index (χ0) is 12.3. The van der Waals surface area contributed by atoms with Gasteiger partial charge in [0.15, 0.2) is 0 Å². The Bertz CT molecular complexity index is 466. The highest BCUT2D eigenvalue weighted by Gasteiger charge is 2.15. The van der Waals surface area contributed by atoms with Crippen LogP contribution in [0.5, 0.6) is 0 Å². The van der Waals surface area contributed by atoms with Crippen molar-refractivity contribution in [2.75, 3.05) is 0 Å². The molecule has 0 saturated heterocycles. The second-order valence-corrected chi connectivity index (χ2v) is 4.24. The van der Waals surface area contributed by atoms with E-state index in [4.69, 9.17) is 4.52 Å². The Kier molecular flexibility index (Phi) is 3.49. The van der Waals surface area contributed by atoms with E-state index in [0.717, 1.165) is 5.56 Å². The van der Waals surface area contributed by atoms with Gasteiger partial charge in [-0.3, -0.25) is 4.98 Å². The molecule has 5 nitrogen and oxygen atoms in total. The topological polar surface area (TPSA) is 63.8 Å². The SMILES string of the molecule is CC(C)NC(C)c1nc(-c2cccnc2)no1. The molecule has 0 aliphatic carbocycles. The van der Waals surface area contributed by atoms with Gasteiger partial charge in [-0.05, 0) is 19.1 Å². The van der Waals surface area contributed by atoms with Crippen molar-refractivity contribution in [3.8, 4) is 11.4 Å². The monoisotopic (exact) mass is 232 g/mol. The lowest BCUT2D eigenvalue weighted by molar-refractivity contribution is 0.330. The van der Waals surface area contributed by atoms with Gasteiger partial charge in [0.1, 0.15) is 0 Å². The first-order valence-corrected chi connectivity index (χ1v) is 5.67. The summed E-state index contributed by atoms with van der Waals surface area (Å²) in [6.45, 7) is 6.16. The maximum atomic E-state index is 5.23. The summed E-state index contributed by atoms with van der Waals surface area (Å²) < 4.78 is 5.23. The fourth-order valence-corrected chi connectivity index (χ4v) is 1.59. The number of pyridine rings is 1. The Morgan fingerprint density at radius 3 is 2.76 bits per heavy atom. The Balaban J connectivity index is 2.16. The number of nitrogens with one attached hydrogen (secondary N) is 1. The summed E-state index contributed by atoms with van der Waals surface area (Å²) >= 11 is 0. The summed E-state index contributed by atoms with van der Waals surface area (Å²) in [5.74, 6) is 1.17. The van der Waals surface area contributed by atoms with E-state index in [9.17, 15) is 0 Å². The Hall–Kier alpha value is -1.75. The van der Waals surface area contributed by atoms with Crippen molar-refractivity contribution < 1.29 is 4.52 Å². The summed E-state index contributed by atoms with van der Waals surface area (Å²) in [5.41, 5.74) is 0.860. The average Bonchev–Trinajstić information content (AvgIpc) is 2.78. The molecule has 0 radical (unpaired) electrons. The molecule has 0 aromatic carbocycles. The largest absolute Gasteiger partial charge is 0.337 e. The lowest BCUT2D eigenvalue weighted by atomic mass is 10.2. The first-order chi connectivity index (χ1) is 8.16. The van der Waals surface area contributed by atoms with Gasteiger partial charge in [0.2, 0.25) is 11.7 Å². The van der Waals surface area contributed by atoms with Gasteiger partial charge < -0.3 is 9.84 Å². The number of nitrogens with zero attached hydrogens (tertiary/aromatic N) is 3. The third kappa shape index (κ3) is 2.88. The van der Waals surface area contributed by atoms with Crippen LogP contribution >= 0.6 is 0 Å². The third-order valence-electron chi connectivity index (χ3n) is 2.32. The molecule has 0 aliphatic rings. The van der Waals surface area contributed by atoms with E-state index in [1.165, 1.54) is 0 Å². The van der Waals surface area contributed by atoms with Crippen molar-refractivity contribution in [1.29, 1.82) is 0 Å². The molecule has 2 heterocycles. The number of hydrogen-bond acceptors (Lipinski definition) is 5. The fraction of sp³-hybridized carbons (Fsp3) is 0.417. The highest BCUT2D eigenvalue weighted by molar-refractivity contribution is 5.51. The van der Waals surface area contributed by atoms with Crippen LogP contribution < -0.4 is 5.32 Å². The first-order valence-electron chi connectivity index (χ1n) is 5.67. The van der Waals surface area contributed by atoms with Crippen LogP contribution in [-0.4, -0.2) is 21.2 Å². The summed E-state index contributed by atoms with van der Waals surface area (Å²) in [4.78, 5) is 8.38. The smallest absolute Gasteiger partial charge is 0.243 e. The molecule has 0 bridgehead atoms. The van der Waals surface area contributed by atoms with Crippen molar-refractivity contribution in [2.24, 2.45) is 0 Å². The second-order valence-electron chi connectivity index (χ2n) is 4.24. The number of hydrogen-bond donors (Lipinski definition) is 1. The highest BCUT2D eigenvalue weighted by Crippen LogP contribution is 2.17. The Morgan fingerprint density at radius 1 is 1.29 bits per heavy atom. The minimum Gasteiger partial charge on any atom is -0.337 e. The molecule has 0 spiro atoms. The quantitative estimate of drug-likeness (QED) is 0.875. The minimum atomic E-state index is 0.0490. The van der Waals surface area contributed by atoms with Gasteiger partial charge in [-0.25, -0.2) is 0 Å². The van der Waals surface area contributed by atoms with Crippen LogP contribution in [0.25, 0.3) is 11.4 Å². The number of rotatable bonds is 4. The van der Waals surface area contributed by atoms with Crippen LogP contribution in [0.15, 0.2) is 29.0 Å². The van der Waals surface area contributed by atoms with E-state index < -0.39 is 0 Å². The Labute approximate surface area is 100 Å². The molecule has 17 heavy (non-hydrogen) atoms. The van der Waals surface area contributed by atoms with Crippen molar-refractivity contribution in [3.63, 3.8) is 0 Å². The molecule has 90 valence electrons. The lowest BCUT2D eigenvalue weighted by Crippen LogP contribution is -2.26. The standard InChI is InChI=1S/C12H16N4O/c1-8(2)14-9(3)12-15-11(16-17-12)10-5-4-6-13-7-10/h4-9,14H,1-3H3. The Morgan fingerprint density at radius 2 is 2.12 bits per heavy atom. The molecule has 1 N–H and O–H groups in total. The van der Waals surface area contributed by atoms with E-state index in [2.05, 4.69) is 34.3 Å². The van der Waals surface area contributed by atoms with Crippen LogP contribution in [0.1, 0.15) is 32.7 Å². The summed E-state index contributed by atoms with van der Waals surface area (Å²) in [6, 6.07) is 4.18. The van der Waals surface area contributed by atoms with Crippen molar-refractivity contribution >= 4 is 0 Å². The maximum Gasteiger partial charge on any atom is 0.243 e. The summed E-state index contributed by atoms with van der Waals surface area (Å²) in [6.07, 6.45) is 3.43. The van der Waals surface area contributed by atoms with Crippen LogP contribution in [0.4, 0.5) is 0 Å². The molecule has 0 fully saturated rings. The summed E-state index contributed by atoms with van der Waals surface area (Å²) in [7, 11) is 0.